The van der Waals surface area contributed by atoms with E-state index in [1.54, 1.807) is 11.9 Å². The summed E-state index contributed by atoms with van der Waals surface area (Å²) < 4.78 is 8.34. The third kappa shape index (κ3) is 3.04. The monoisotopic (exact) mass is 355 g/mol. The van der Waals surface area contributed by atoms with Gasteiger partial charge in [0.2, 0.25) is 11.8 Å². The standard InChI is InChI=1S/C20H25N3O3/c1-21-9-8-16-17(21)4-3-5-18(16)26-15-6-10-23(11-7-15)20(25)14-12-19(24)22(2)13-14/h3-5,8-9,14-15H,6-7,10-13H2,1-2H3. The Balaban J connectivity index is 1.36. The molecular weight excluding hydrogens is 330 g/mol. The van der Waals surface area contributed by atoms with Gasteiger partial charge in [-0.25, -0.2) is 0 Å². The molecule has 2 amide bonds. The Hall–Kier alpha value is -2.50. The minimum Gasteiger partial charge on any atom is -0.490 e. The van der Waals surface area contributed by atoms with Gasteiger partial charge in [0.05, 0.1) is 11.4 Å². The molecule has 1 aromatic carbocycles. The van der Waals surface area contributed by atoms with Gasteiger partial charge in [0, 0.05) is 64.6 Å². The number of piperidine rings is 1. The number of hydrogen-bond acceptors (Lipinski definition) is 3. The highest BCUT2D eigenvalue weighted by Gasteiger charge is 2.36. The number of rotatable bonds is 3. The van der Waals surface area contributed by atoms with Gasteiger partial charge < -0.3 is 19.1 Å². The van der Waals surface area contributed by atoms with Crippen molar-refractivity contribution in [2.24, 2.45) is 13.0 Å². The van der Waals surface area contributed by atoms with Crippen molar-refractivity contribution in [2.45, 2.75) is 25.4 Å². The topological polar surface area (TPSA) is 54.8 Å². The third-order valence-electron chi connectivity index (χ3n) is 5.63. The maximum atomic E-state index is 12.6. The minimum atomic E-state index is -0.178. The Bertz CT molecular complexity index is 836. The van der Waals surface area contributed by atoms with Crippen LogP contribution >= 0.6 is 0 Å². The van der Waals surface area contributed by atoms with Crippen molar-refractivity contribution in [2.75, 3.05) is 26.7 Å². The smallest absolute Gasteiger partial charge is 0.227 e. The van der Waals surface area contributed by atoms with E-state index in [-0.39, 0.29) is 23.8 Å². The van der Waals surface area contributed by atoms with E-state index in [0.717, 1.165) is 29.5 Å². The molecule has 0 spiro atoms. The maximum absolute atomic E-state index is 12.6. The Morgan fingerprint density at radius 1 is 1.15 bits per heavy atom. The van der Waals surface area contributed by atoms with Crippen molar-refractivity contribution in [3.8, 4) is 5.75 Å². The highest BCUT2D eigenvalue weighted by atomic mass is 16.5. The Kier molecular flexibility index (Phi) is 4.34. The summed E-state index contributed by atoms with van der Waals surface area (Å²) in [7, 11) is 3.79. The number of aryl methyl sites for hydroxylation is 1. The van der Waals surface area contributed by atoms with Crippen molar-refractivity contribution in [3.63, 3.8) is 0 Å². The summed E-state index contributed by atoms with van der Waals surface area (Å²) in [5, 5.41) is 1.13. The summed E-state index contributed by atoms with van der Waals surface area (Å²) in [5.41, 5.74) is 1.16. The number of amides is 2. The largest absolute Gasteiger partial charge is 0.490 e. The summed E-state index contributed by atoms with van der Waals surface area (Å²) in [4.78, 5) is 27.9. The molecule has 2 aliphatic rings. The van der Waals surface area contributed by atoms with Crippen LogP contribution in [-0.4, -0.2) is 59.0 Å². The van der Waals surface area contributed by atoms with Crippen molar-refractivity contribution in [1.82, 2.24) is 14.4 Å². The molecule has 3 heterocycles. The summed E-state index contributed by atoms with van der Waals surface area (Å²) in [6.45, 7) is 1.94. The number of hydrogen-bond donors (Lipinski definition) is 0. The summed E-state index contributed by atoms with van der Waals surface area (Å²) in [5.74, 6) is 0.919. The van der Waals surface area contributed by atoms with E-state index in [9.17, 15) is 9.59 Å². The number of nitrogens with zero attached hydrogens (tertiary/aromatic N) is 3. The maximum Gasteiger partial charge on any atom is 0.227 e. The lowest BCUT2D eigenvalue weighted by molar-refractivity contribution is -0.137. The molecule has 26 heavy (non-hydrogen) atoms. The zero-order valence-corrected chi connectivity index (χ0v) is 15.4. The zero-order valence-electron chi connectivity index (χ0n) is 15.4. The number of benzene rings is 1. The van der Waals surface area contributed by atoms with E-state index < -0.39 is 0 Å². The van der Waals surface area contributed by atoms with Gasteiger partial charge in [-0.15, -0.1) is 0 Å². The number of carbonyl (C=O) groups is 2. The molecule has 4 rings (SSSR count). The molecule has 0 radical (unpaired) electrons. The normalized spacial score (nSPS) is 21.6. The van der Waals surface area contributed by atoms with Crippen molar-refractivity contribution < 1.29 is 14.3 Å². The second-order valence-corrected chi connectivity index (χ2v) is 7.43. The summed E-state index contributed by atoms with van der Waals surface area (Å²) in [6, 6.07) is 8.20. The molecule has 2 aliphatic heterocycles. The summed E-state index contributed by atoms with van der Waals surface area (Å²) in [6.07, 6.45) is 4.16. The van der Waals surface area contributed by atoms with Gasteiger partial charge >= 0.3 is 0 Å². The fourth-order valence-electron chi connectivity index (χ4n) is 4.04. The number of likely N-dealkylation sites (tertiary alicyclic amines) is 2. The van der Waals surface area contributed by atoms with Crippen LogP contribution in [0.1, 0.15) is 19.3 Å². The predicted octanol–water partition coefficient (Wildman–Crippen LogP) is 2.03. The van der Waals surface area contributed by atoms with Crippen LogP contribution in [0.15, 0.2) is 30.5 Å². The molecule has 6 nitrogen and oxygen atoms in total. The Morgan fingerprint density at radius 3 is 2.62 bits per heavy atom. The first-order valence-electron chi connectivity index (χ1n) is 9.26. The van der Waals surface area contributed by atoms with Crippen molar-refractivity contribution >= 4 is 22.7 Å². The van der Waals surface area contributed by atoms with Gasteiger partial charge in [-0.05, 0) is 18.2 Å². The van der Waals surface area contributed by atoms with Crippen LogP contribution in [0.25, 0.3) is 10.9 Å². The lowest BCUT2D eigenvalue weighted by Crippen LogP contribution is -2.44. The predicted molar refractivity (Wildman–Crippen MR) is 98.9 cm³/mol. The van der Waals surface area contributed by atoms with E-state index in [1.807, 2.05) is 30.3 Å². The molecule has 1 atom stereocenters. The van der Waals surface area contributed by atoms with Crippen LogP contribution in [0.4, 0.5) is 0 Å². The van der Waals surface area contributed by atoms with E-state index in [2.05, 4.69) is 16.7 Å². The second kappa shape index (κ2) is 6.67. The average molecular weight is 355 g/mol. The molecular formula is C20H25N3O3. The third-order valence-corrected chi connectivity index (χ3v) is 5.63. The van der Waals surface area contributed by atoms with Crippen LogP contribution in [-0.2, 0) is 16.6 Å². The second-order valence-electron chi connectivity index (χ2n) is 7.43. The quantitative estimate of drug-likeness (QED) is 0.846. The fourth-order valence-corrected chi connectivity index (χ4v) is 4.04. The van der Waals surface area contributed by atoms with E-state index in [4.69, 9.17) is 4.74 Å². The first-order valence-corrected chi connectivity index (χ1v) is 9.26. The fraction of sp³-hybridized carbons (Fsp3) is 0.500. The average Bonchev–Trinajstić information content (AvgIpc) is 3.19. The van der Waals surface area contributed by atoms with E-state index in [1.165, 1.54) is 0 Å². The highest BCUT2D eigenvalue weighted by molar-refractivity contribution is 5.89. The molecule has 0 bridgehead atoms. The lowest BCUT2D eigenvalue weighted by atomic mass is 10.0. The summed E-state index contributed by atoms with van der Waals surface area (Å²) >= 11 is 0. The molecule has 0 saturated carbocycles. The van der Waals surface area contributed by atoms with Gasteiger partial charge in [-0.3, -0.25) is 9.59 Å². The number of ether oxygens (including phenoxy) is 1. The van der Waals surface area contributed by atoms with Gasteiger partial charge in [-0.2, -0.15) is 0 Å². The van der Waals surface area contributed by atoms with Crippen LogP contribution in [0.2, 0.25) is 0 Å². The van der Waals surface area contributed by atoms with Crippen molar-refractivity contribution in [1.29, 1.82) is 0 Å². The van der Waals surface area contributed by atoms with Crippen LogP contribution in [0.5, 0.6) is 5.75 Å². The number of carbonyl (C=O) groups excluding carboxylic acids is 2. The van der Waals surface area contributed by atoms with Gasteiger partial charge in [0.1, 0.15) is 11.9 Å². The van der Waals surface area contributed by atoms with E-state index >= 15 is 0 Å². The molecule has 2 aromatic rings. The van der Waals surface area contributed by atoms with Crippen LogP contribution < -0.4 is 4.74 Å². The lowest BCUT2D eigenvalue weighted by Gasteiger charge is -2.33. The molecule has 1 unspecified atom stereocenters. The zero-order chi connectivity index (χ0) is 18.3. The minimum absolute atomic E-state index is 0.0672. The molecule has 0 N–H and O–H groups in total. The van der Waals surface area contributed by atoms with Gasteiger partial charge in [-0.1, -0.05) is 6.07 Å². The van der Waals surface area contributed by atoms with Gasteiger partial charge in [0.15, 0.2) is 0 Å². The van der Waals surface area contributed by atoms with Crippen LogP contribution in [0, 0.1) is 5.92 Å². The Morgan fingerprint density at radius 2 is 1.92 bits per heavy atom. The first-order chi connectivity index (χ1) is 12.5. The molecule has 0 aliphatic carbocycles. The van der Waals surface area contributed by atoms with Crippen molar-refractivity contribution in [3.05, 3.63) is 30.5 Å². The van der Waals surface area contributed by atoms with Crippen LogP contribution in [0.3, 0.4) is 0 Å². The Labute approximate surface area is 153 Å². The number of fused-ring (bicyclic) bond motifs is 1. The number of aromatic nitrogens is 1. The van der Waals surface area contributed by atoms with Gasteiger partial charge in [0.25, 0.3) is 0 Å². The molecule has 2 fully saturated rings. The molecule has 2 saturated heterocycles. The highest BCUT2D eigenvalue weighted by Crippen LogP contribution is 2.29. The first kappa shape index (κ1) is 16.9. The SMILES string of the molecule is CN1CC(C(=O)N2CCC(Oc3cccc4c3ccn4C)CC2)CC1=O. The molecule has 138 valence electrons. The molecule has 6 heteroatoms. The van der Waals surface area contributed by atoms with E-state index in [0.29, 0.717) is 26.1 Å². The molecule has 1 aromatic heterocycles.